The fourth-order valence-corrected chi connectivity index (χ4v) is 0.934. The van der Waals surface area contributed by atoms with Crippen LogP contribution in [-0.2, 0) is 9.53 Å². The fourth-order valence-electron chi connectivity index (χ4n) is 0.934. The van der Waals surface area contributed by atoms with Crippen LogP contribution < -0.4 is 0 Å². The summed E-state index contributed by atoms with van der Waals surface area (Å²) in [4.78, 5) is 10.7. The van der Waals surface area contributed by atoms with Gasteiger partial charge in [-0.2, -0.15) is 0 Å². The van der Waals surface area contributed by atoms with Crippen LogP contribution in [-0.4, -0.2) is 12.1 Å². The molecule has 0 aromatic carbocycles. The largest absolute Gasteiger partial charge is 0.455 e. The Kier molecular flexibility index (Phi) is 1.90. The van der Waals surface area contributed by atoms with E-state index in [0.29, 0.717) is 0 Å². The van der Waals surface area contributed by atoms with E-state index in [4.69, 9.17) is 4.74 Å². The molecule has 1 aliphatic heterocycles. The van der Waals surface area contributed by atoms with Crippen LogP contribution in [0.4, 0.5) is 0 Å². The average Bonchev–Trinajstić information content (AvgIpc) is 1.85. The quantitative estimate of drug-likeness (QED) is 0.404. The van der Waals surface area contributed by atoms with E-state index in [1.807, 2.05) is 6.92 Å². The molecule has 0 aromatic heterocycles. The number of esters is 1. The Labute approximate surface area is 60.2 Å². The molecular weight excluding hydrogens is 128 g/mol. The van der Waals surface area contributed by atoms with Gasteiger partial charge in [0.1, 0.15) is 6.10 Å². The summed E-state index contributed by atoms with van der Waals surface area (Å²) in [7, 11) is 0. The topological polar surface area (TPSA) is 26.3 Å². The van der Waals surface area contributed by atoms with Crippen molar-refractivity contribution in [1.82, 2.24) is 0 Å². The Morgan fingerprint density at radius 3 is 3.10 bits per heavy atom. The summed E-state index contributed by atoms with van der Waals surface area (Å²) in [6.45, 7) is 5.46. The molecule has 0 bridgehead atoms. The van der Waals surface area contributed by atoms with Crippen molar-refractivity contribution in [2.75, 3.05) is 0 Å². The smallest absolute Gasteiger partial charge is 0.331 e. The van der Waals surface area contributed by atoms with Gasteiger partial charge in [-0.05, 0) is 6.92 Å². The second kappa shape index (κ2) is 2.69. The van der Waals surface area contributed by atoms with Gasteiger partial charge in [-0.25, -0.2) is 4.79 Å². The zero-order chi connectivity index (χ0) is 7.56. The predicted molar refractivity (Wildman–Crippen MR) is 38.5 cm³/mol. The van der Waals surface area contributed by atoms with Crippen LogP contribution in [0.5, 0.6) is 0 Å². The number of rotatable bonds is 1. The van der Waals surface area contributed by atoms with Crippen molar-refractivity contribution in [3.8, 4) is 0 Å². The number of hydrogen-bond donors (Lipinski definition) is 0. The molecule has 0 aliphatic carbocycles. The lowest BCUT2D eigenvalue weighted by Crippen LogP contribution is -2.19. The average molecular weight is 138 g/mol. The molecule has 0 N–H and O–H groups in total. The SMILES string of the molecule is C=C[C@@H]1CC(C)=CC(=O)O1. The summed E-state index contributed by atoms with van der Waals surface area (Å²) in [6, 6.07) is 0. The second-order valence-electron chi connectivity index (χ2n) is 2.41. The first-order chi connectivity index (χ1) is 4.72. The molecular formula is C8H10O2. The maximum absolute atomic E-state index is 10.7. The van der Waals surface area contributed by atoms with Gasteiger partial charge in [0, 0.05) is 12.5 Å². The molecule has 1 atom stereocenters. The van der Waals surface area contributed by atoms with Crippen LogP contribution >= 0.6 is 0 Å². The molecule has 1 aliphatic rings. The van der Waals surface area contributed by atoms with E-state index in [2.05, 4.69) is 6.58 Å². The maximum Gasteiger partial charge on any atom is 0.331 e. The normalized spacial score (nSPS) is 25.1. The van der Waals surface area contributed by atoms with Gasteiger partial charge in [-0.3, -0.25) is 0 Å². The number of carbonyl (C=O) groups is 1. The first-order valence-electron chi connectivity index (χ1n) is 3.22. The summed E-state index contributed by atoms with van der Waals surface area (Å²) < 4.78 is 4.87. The van der Waals surface area contributed by atoms with Gasteiger partial charge < -0.3 is 4.74 Å². The lowest BCUT2D eigenvalue weighted by molar-refractivity contribution is -0.141. The highest BCUT2D eigenvalue weighted by Crippen LogP contribution is 2.14. The van der Waals surface area contributed by atoms with E-state index in [9.17, 15) is 4.79 Å². The molecule has 0 amide bonds. The van der Waals surface area contributed by atoms with Gasteiger partial charge in [-0.15, -0.1) is 0 Å². The van der Waals surface area contributed by atoms with Crippen molar-refractivity contribution in [2.45, 2.75) is 19.4 Å². The highest BCUT2D eigenvalue weighted by atomic mass is 16.5. The summed E-state index contributed by atoms with van der Waals surface area (Å²) in [5.41, 5.74) is 1.06. The van der Waals surface area contributed by atoms with Crippen molar-refractivity contribution in [3.05, 3.63) is 24.3 Å². The number of carbonyl (C=O) groups excluding carboxylic acids is 1. The van der Waals surface area contributed by atoms with E-state index >= 15 is 0 Å². The molecule has 1 heterocycles. The van der Waals surface area contributed by atoms with Crippen molar-refractivity contribution < 1.29 is 9.53 Å². The zero-order valence-electron chi connectivity index (χ0n) is 5.96. The lowest BCUT2D eigenvalue weighted by atomic mass is 10.1. The van der Waals surface area contributed by atoms with Crippen LogP contribution in [0.3, 0.4) is 0 Å². The third kappa shape index (κ3) is 1.47. The molecule has 0 unspecified atom stereocenters. The van der Waals surface area contributed by atoms with Crippen LogP contribution in [0.25, 0.3) is 0 Å². The second-order valence-corrected chi connectivity index (χ2v) is 2.41. The van der Waals surface area contributed by atoms with Gasteiger partial charge in [-0.1, -0.05) is 18.2 Å². The molecule has 0 saturated heterocycles. The monoisotopic (exact) mass is 138 g/mol. The van der Waals surface area contributed by atoms with Crippen LogP contribution in [0.2, 0.25) is 0 Å². The molecule has 0 fully saturated rings. The van der Waals surface area contributed by atoms with Crippen LogP contribution in [0, 0.1) is 0 Å². The Morgan fingerprint density at radius 2 is 2.60 bits per heavy atom. The zero-order valence-corrected chi connectivity index (χ0v) is 5.96. The highest BCUT2D eigenvalue weighted by molar-refractivity contribution is 5.83. The maximum atomic E-state index is 10.7. The molecule has 1 rings (SSSR count). The molecule has 2 nitrogen and oxygen atoms in total. The molecule has 54 valence electrons. The summed E-state index contributed by atoms with van der Waals surface area (Å²) in [5, 5.41) is 0. The van der Waals surface area contributed by atoms with E-state index in [-0.39, 0.29) is 12.1 Å². The van der Waals surface area contributed by atoms with Crippen molar-refractivity contribution in [2.24, 2.45) is 0 Å². The number of hydrogen-bond acceptors (Lipinski definition) is 2. The Balaban J connectivity index is 2.69. The van der Waals surface area contributed by atoms with Gasteiger partial charge in [0.25, 0.3) is 0 Å². The van der Waals surface area contributed by atoms with Gasteiger partial charge in [0.05, 0.1) is 0 Å². The van der Waals surface area contributed by atoms with Gasteiger partial charge in [0.15, 0.2) is 0 Å². The Bertz CT molecular complexity index is 191. The molecule has 2 heteroatoms. The molecule has 10 heavy (non-hydrogen) atoms. The van der Waals surface area contributed by atoms with E-state index in [0.717, 1.165) is 12.0 Å². The summed E-state index contributed by atoms with van der Waals surface area (Å²) in [6.07, 6.45) is 3.83. The Hall–Kier alpha value is -1.05. The first-order valence-corrected chi connectivity index (χ1v) is 3.22. The molecule has 0 radical (unpaired) electrons. The minimum atomic E-state index is -0.256. The fraction of sp³-hybridized carbons (Fsp3) is 0.375. The van der Waals surface area contributed by atoms with E-state index in [1.165, 1.54) is 6.08 Å². The van der Waals surface area contributed by atoms with Gasteiger partial charge >= 0.3 is 5.97 Å². The third-order valence-electron chi connectivity index (χ3n) is 1.42. The summed E-state index contributed by atoms with van der Waals surface area (Å²) in [5.74, 6) is -0.256. The first kappa shape index (κ1) is 7.06. The number of ether oxygens (including phenoxy) is 1. The molecule has 0 aromatic rings. The van der Waals surface area contributed by atoms with Crippen LogP contribution in [0.1, 0.15) is 13.3 Å². The third-order valence-corrected chi connectivity index (χ3v) is 1.42. The lowest BCUT2D eigenvalue weighted by Gasteiger charge is -2.17. The minimum absolute atomic E-state index is 0.113. The highest BCUT2D eigenvalue weighted by Gasteiger charge is 2.15. The molecule has 0 saturated carbocycles. The predicted octanol–water partition coefficient (Wildman–Crippen LogP) is 1.43. The van der Waals surface area contributed by atoms with E-state index < -0.39 is 0 Å². The minimum Gasteiger partial charge on any atom is -0.455 e. The van der Waals surface area contributed by atoms with Crippen molar-refractivity contribution in [3.63, 3.8) is 0 Å². The van der Waals surface area contributed by atoms with Crippen molar-refractivity contribution >= 4 is 5.97 Å². The van der Waals surface area contributed by atoms with Crippen LogP contribution in [0.15, 0.2) is 24.3 Å². The van der Waals surface area contributed by atoms with E-state index in [1.54, 1.807) is 6.08 Å². The number of cyclic esters (lactones) is 1. The standard InChI is InChI=1S/C8H10O2/c1-3-7-4-6(2)5-8(9)10-7/h3,5,7H,1,4H2,2H3/t7-/m1/s1. The van der Waals surface area contributed by atoms with Gasteiger partial charge in [0.2, 0.25) is 0 Å². The Morgan fingerprint density at radius 1 is 1.90 bits per heavy atom. The molecule has 0 spiro atoms. The summed E-state index contributed by atoms with van der Waals surface area (Å²) >= 11 is 0. The van der Waals surface area contributed by atoms with Crippen molar-refractivity contribution in [1.29, 1.82) is 0 Å².